The zero-order chi connectivity index (χ0) is 15.2. The van der Waals surface area contributed by atoms with Crippen LogP contribution in [-0.4, -0.2) is 29.3 Å². The summed E-state index contributed by atoms with van der Waals surface area (Å²) in [6.45, 7) is 3.15. The minimum Gasteiger partial charge on any atom is -0.319 e. The lowest BCUT2D eigenvalue weighted by molar-refractivity contribution is -0.119. The number of carbonyl (C=O) groups excluding carboxylic acids is 1. The normalized spacial score (nSPS) is 11.6. The van der Waals surface area contributed by atoms with E-state index in [2.05, 4.69) is 31.7 Å². The van der Waals surface area contributed by atoms with Crippen molar-refractivity contribution in [2.24, 2.45) is 5.92 Å². The first kappa shape index (κ1) is 18.7. The smallest absolute Gasteiger partial charge is 0.229 e. The van der Waals surface area contributed by atoms with E-state index in [0.717, 1.165) is 10.0 Å². The molecular formula is C15H20BrClN4O. The van der Waals surface area contributed by atoms with Crippen LogP contribution in [0.1, 0.15) is 12.5 Å². The van der Waals surface area contributed by atoms with Crippen LogP contribution in [0.15, 0.2) is 41.0 Å². The molecular weight excluding hydrogens is 368 g/mol. The predicted molar refractivity (Wildman–Crippen MR) is 94.4 cm³/mol. The number of halogens is 2. The Bertz CT molecular complexity index is 617. The van der Waals surface area contributed by atoms with Crippen molar-refractivity contribution >= 4 is 40.1 Å². The van der Waals surface area contributed by atoms with Crippen molar-refractivity contribution in [2.75, 3.05) is 18.9 Å². The number of hydrogen-bond donors (Lipinski definition) is 2. The second kappa shape index (κ2) is 8.92. The number of nitrogens with zero attached hydrogens (tertiary/aromatic N) is 2. The van der Waals surface area contributed by atoms with E-state index in [9.17, 15) is 4.79 Å². The molecule has 1 aromatic heterocycles. The van der Waals surface area contributed by atoms with Crippen LogP contribution in [0.4, 0.5) is 5.82 Å². The number of aromatic nitrogens is 2. The number of hydrogen-bond acceptors (Lipinski definition) is 3. The molecule has 0 aliphatic heterocycles. The van der Waals surface area contributed by atoms with Gasteiger partial charge in [0.25, 0.3) is 0 Å². The molecule has 1 atom stereocenters. The van der Waals surface area contributed by atoms with E-state index in [-0.39, 0.29) is 24.2 Å². The summed E-state index contributed by atoms with van der Waals surface area (Å²) in [5, 5.41) is 10.2. The second-order valence-corrected chi connectivity index (χ2v) is 5.87. The van der Waals surface area contributed by atoms with Gasteiger partial charge in [0, 0.05) is 23.0 Å². The molecule has 1 unspecified atom stereocenters. The second-order valence-electron chi connectivity index (χ2n) is 4.95. The third-order valence-electron chi connectivity index (χ3n) is 3.15. The number of anilines is 1. The topological polar surface area (TPSA) is 59.0 Å². The van der Waals surface area contributed by atoms with E-state index in [1.165, 1.54) is 0 Å². The molecule has 5 nitrogen and oxygen atoms in total. The van der Waals surface area contributed by atoms with Gasteiger partial charge in [0.1, 0.15) is 5.82 Å². The van der Waals surface area contributed by atoms with E-state index < -0.39 is 0 Å². The molecule has 1 heterocycles. The predicted octanol–water partition coefficient (Wildman–Crippen LogP) is 2.91. The van der Waals surface area contributed by atoms with Gasteiger partial charge in [-0.3, -0.25) is 4.79 Å². The Hall–Kier alpha value is -1.37. The molecule has 0 aliphatic rings. The van der Waals surface area contributed by atoms with Crippen molar-refractivity contribution in [3.8, 4) is 0 Å². The van der Waals surface area contributed by atoms with Gasteiger partial charge in [0.2, 0.25) is 5.91 Å². The van der Waals surface area contributed by atoms with E-state index in [1.807, 2.05) is 44.3 Å². The lowest BCUT2D eigenvalue weighted by Gasteiger charge is -2.13. The van der Waals surface area contributed by atoms with Gasteiger partial charge < -0.3 is 10.6 Å². The summed E-state index contributed by atoms with van der Waals surface area (Å²) in [7, 11) is 1.83. The van der Waals surface area contributed by atoms with Crippen LogP contribution in [0.3, 0.4) is 0 Å². The van der Waals surface area contributed by atoms with Crippen molar-refractivity contribution in [3.63, 3.8) is 0 Å². The molecule has 0 fully saturated rings. The Kier molecular flexibility index (Phi) is 7.58. The summed E-state index contributed by atoms with van der Waals surface area (Å²) in [6.07, 6.45) is 1.69. The largest absolute Gasteiger partial charge is 0.319 e. The van der Waals surface area contributed by atoms with E-state index in [0.29, 0.717) is 18.9 Å². The van der Waals surface area contributed by atoms with E-state index in [4.69, 9.17) is 0 Å². The van der Waals surface area contributed by atoms with Crippen LogP contribution in [-0.2, 0) is 11.3 Å². The Morgan fingerprint density at radius 2 is 2.18 bits per heavy atom. The average molecular weight is 388 g/mol. The first-order valence-electron chi connectivity index (χ1n) is 6.82. The fourth-order valence-electron chi connectivity index (χ4n) is 2.02. The van der Waals surface area contributed by atoms with Gasteiger partial charge in [-0.05, 0) is 24.7 Å². The van der Waals surface area contributed by atoms with E-state index >= 15 is 0 Å². The Morgan fingerprint density at radius 1 is 1.41 bits per heavy atom. The number of carbonyl (C=O) groups is 1. The molecule has 1 aromatic carbocycles. The summed E-state index contributed by atoms with van der Waals surface area (Å²) in [4.78, 5) is 12.1. The highest BCUT2D eigenvalue weighted by Gasteiger charge is 2.14. The quantitative estimate of drug-likeness (QED) is 0.801. The van der Waals surface area contributed by atoms with Gasteiger partial charge in [-0.1, -0.05) is 35.0 Å². The Morgan fingerprint density at radius 3 is 2.86 bits per heavy atom. The van der Waals surface area contributed by atoms with Crippen LogP contribution in [0, 0.1) is 5.92 Å². The lowest BCUT2D eigenvalue weighted by Crippen LogP contribution is -2.29. The molecule has 22 heavy (non-hydrogen) atoms. The maximum atomic E-state index is 12.1. The highest BCUT2D eigenvalue weighted by molar-refractivity contribution is 9.10. The van der Waals surface area contributed by atoms with Crippen molar-refractivity contribution in [3.05, 3.63) is 46.6 Å². The number of benzene rings is 1. The van der Waals surface area contributed by atoms with Gasteiger partial charge in [-0.15, -0.1) is 12.4 Å². The molecule has 120 valence electrons. The van der Waals surface area contributed by atoms with Crippen LogP contribution in [0.2, 0.25) is 0 Å². The maximum Gasteiger partial charge on any atom is 0.229 e. The van der Waals surface area contributed by atoms with Crippen molar-refractivity contribution in [1.29, 1.82) is 0 Å². The first-order chi connectivity index (χ1) is 10.1. The van der Waals surface area contributed by atoms with Gasteiger partial charge in [-0.25, -0.2) is 4.68 Å². The zero-order valence-electron chi connectivity index (χ0n) is 12.5. The van der Waals surface area contributed by atoms with Crippen LogP contribution in [0.5, 0.6) is 0 Å². The molecule has 0 saturated heterocycles. The molecule has 2 rings (SSSR count). The lowest BCUT2D eigenvalue weighted by atomic mass is 10.1. The van der Waals surface area contributed by atoms with Crippen LogP contribution < -0.4 is 10.6 Å². The van der Waals surface area contributed by atoms with Gasteiger partial charge in [-0.2, -0.15) is 5.10 Å². The third kappa shape index (κ3) is 5.12. The SMILES string of the molecule is CNCC(C)C(=O)Nc1ccnn1Cc1cccc(Br)c1.Cl. The van der Waals surface area contributed by atoms with Gasteiger partial charge in [0.15, 0.2) is 0 Å². The average Bonchev–Trinajstić information content (AvgIpc) is 2.86. The molecule has 2 N–H and O–H groups in total. The molecule has 0 aliphatic carbocycles. The molecule has 7 heteroatoms. The third-order valence-corrected chi connectivity index (χ3v) is 3.64. The molecule has 0 radical (unpaired) electrons. The summed E-state index contributed by atoms with van der Waals surface area (Å²) in [6, 6.07) is 9.84. The molecule has 2 aromatic rings. The summed E-state index contributed by atoms with van der Waals surface area (Å²) in [5.74, 6) is 0.604. The number of rotatable bonds is 6. The number of nitrogens with one attached hydrogen (secondary N) is 2. The Balaban J connectivity index is 0.00000242. The highest BCUT2D eigenvalue weighted by Crippen LogP contribution is 2.15. The van der Waals surface area contributed by atoms with E-state index in [1.54, 1.807) is 10.9 Å². The molecule has 0 bridgehead atoms. The fourth-order valence-corrected chi connectivity index (χ4v) is 2.47. The Labute approximate surface area is 145 Å². The fraction of sp³-hybridized carbons (Fsp3) is 0.333. The van der Waals surface area contributed by atoms with Crippen LogP contribution in [0.25, 0.3) is 0 Å². The maximum absolute atomic E-state index is 12.1. The molecule has 1 amide bonds. The number of amides is 1. The van der Waals surface area contributed by atoms with Crippen molar-refractivity contribution < 1.29 is 4.79 Å². The molecule has 0 saturated carbocycles. The zero-order valence-corrected chi connectivity index (χ0v) is 14.9. The van der Waals surface area contributed by atoms with Gasteiger partial charge in [0.05, 0.1) is 12.7 Å². The first-order valence-corrected chi connectivity index (χ1v) is 7.61. The summed E-state index contributed by atoms with van der Waals surface area (Å²) < 4.78 is 2.81. The van der Waals surface area contributed by atoms with Crippen molar-refractivity contribution in [1.82, 2.24) is 15.1 Å². The highest BCUT2D eigenvalue weighted by atomic mass is 79.9. The molecule has 0 spiro atoms. The van der Waals surface area contributed by atoms with Crippen molar-refractivity contribution in [2.45, 2.75) is 13.5 Å². The summed E-state index contributed by atoms with van der Waals surface area (Å²) in [5.41, 5.74) is 1.12. The van der Waals surface area contributed by atoms with Crippen LogP contribution >= 0.6 is 28.3 Å². The monoisotopic (exact) mass is 386 g/mol. The standard InChI is InChI=1S/C15H19BrN4O.ClH/c1-11(9-17-2)15(21)19-14-6-7-18-20(14)10-12-4-3-5-13(16)8-12;/h3-8,11,17H,9-10H2,1-2H3,(H,19,21);1H. The minimum atomic E-state index is -0.0933. The van der Waals surface area contributed by atoms with Gasteiger partial charge >= 0.3 is 0 Å². The summed E-state index contributed by atoms with van der Waals surface area (Å²) >= 11 is 3.46. The minimum absolute atomic E-state index is 0.